The highest BCUT2D eigenvalue weighted by Crippen LogP contribution is 2.14. The molecule has 0 unspecified atom stereocenters. The molecular formula is C23H28BrN3O4. The second kappa shape index (κ2) is 12.1. The fourth-order valence-electron chi connectivity index (χ4n) is 3.00. The van der Waals surface area contributed by atoms with Crippen LogP contribution in [0.25, 0.3) is 0 Å². The van der Waals surface area contributed by atoms with Gasteiger partial charge in [-0.25, -0.2) is 4.79 Å². The van der Waals surface area contributed by atoms with Crippen LogP contribution in [-0.2, 0) is 27.4 Å². The van der Waals surface area contributed by atoms with Gasteiger partial charge in [0, 0.05) is 10.9 Å². The number of halogens is 1. The molecule has 0 spiro atoms. The van der Waals surface area contributed by atoms with Gasteiger partial charge in [-0.1, -0.05) is 72.2 Å². The first kappa shape index (κ1) is 24.4. The number of nitrogens with two attached hydrogens (primary N) is 1. The number of carbonyl (C=O) groups is 3. The summed E-state index contributed by atoms with van der Waals surface area (Å²) in [6.07, 6.45) is -0.0746. The third-order valence-corrected chi connectivity index (χ3v) is 5.01. The summed E-state index contributed by atoms with van der Waals surface area (Å²) in [5.74, 6) is -1.00. The van der Waals surface area contributed by atoms with E-state index in [1.54, 1.807) is 0 Å². The number of primary amides is 1. The summed E-state index contributed by atoms with van der Waals surface area (Å²) in [4.78, 5) is 37.0. The van der Waals surface area contributed by atoms with Crippen molar-refractivity contribution in [1.29, 1.82) is 0 Å². The minimum Gasteiger partial charge on any atom is -0.445 e. The largest absolute Gasteiger partial charge is 0.445 e. The van der Waals surface area contributed by atoms with E-state index in [2.05, 4.69) is 26.6 Å². The van der Waals surface area contributed by atoms with Gasteiger partial charge in [-0.2, -0.15) is 0 Å². The van der Waals surface area contributed by atoms with Gasteiger partial charge in [0.15, 0.2) is 0 Å². The van der Waals surface area contributed by atoms with Gasteiger partial charge in [-0.05, 0) is 35.6 Å². The number of ether oxygens (including phenoxy) is 1. The Bertz CT molecular complexity index is 889. The van der Waals surface area contributed by atoms with Crippen LogP contribution >= 0.6 is 15.9 Å². The van der Waals surface area contributed by atoms with Gasteiger partial charge >= 0.3 is 6.09 Å². The van der Waals surface area contributed by atoms with Crippen LogP contribution in [0.15, 0.2) is 59.1 Å². The number of amides is 3. The monoisotopic (exact) mass is 489 g/mol. The first-order valence-electron chi connectivity index (χ1n) is 10.1. The second-order valence-corrected chi connectivity index (χ2v) is 8.60. The molecule has 4 N–H and O–H groups in total. The Morgan fingerprint density at radius 2 is 1.65 bits per heavy atom. The Morgan fingerprint density at radius 1 is 0.968 bits per heavy atom. The molecule has 2 atom stereocenters. The van der Waals surface area contributed by atoms with Gasteiger partial charge in [-0.15, -0.1) is 0 Å². The molecular weight excluding hydrogens is 462 g/mol. The van der Waals surface area contributed by atoms with Crippen LogP contribution in [0.5, 0.6) is 0 Å². The molecule has 0 aromatic heterocycles. The molecule has 0 heterocycles. The maximum Gasteiger partial charge on any atom is 0.408 e. The van der Waals surface area contributed by atoms with E-state index in [9.17, 15) is 14.4 Å². The summed E-state index contributed by atoms with van der Waals surface area (Å²) in [5, 5.41) is 5.27. The van der Waals surface area contributed by atoms with E-state index >= 15 is 0 Å². The van der Waals surface area contributed by atoms with Crippen molar-refractivity contribution in [2.45, 2.75) is 45.4 Å². The van der Waals surface area contributed by atoms with E-state index in [-0.39, 0.29) is 18.9 Å². The quantitative estimate of drug-likeness (QED) is 0.475. The van der Waals surface area contributed by atoms with E-state index in [0.717, 1.165) is 15.6 Å². The number of benzene rings is 2. The third-order valence-electron chi connectivity index (χ3n) is 4.52. The average Bonchev–Trinajstić information content (AvgIpc) is 2.71. The molecule has 8 heteroatoms. The Hall–Kier alpha value is -2.87. The van der Waals surface area contributed by atoms with Crippen LogP contribution in [0.4, 0.5) is 4.79 Å². The van der Waals surface area contributed by atoms with Gasteiger partial charge in [0.1, 0.15) is 18.7 Å². The summed E-state index contributed by atoms with van der Waals surface area (Å²) in [7, 11) is 0. The molecule has 0 saturated heterocycles. The predicted molar refractivity (Wildman–Crippen MR) is 122 cm³/mol. The first-order valence-corrected chi connectivity index (χ1v) is 10.8. The van der Waals surface area contributed by atoms with Crippen molar-refractivity contribution in [3.05, 3.63) is 70.2 Å². The number of nitrogens with one attached hydrogen (secondary N) is 2. The molecule has 0 aliphatic carbocycles. The van der Waals surface area contributed by atoms with Crippen LogP contribution < -0.4 is 16.4 Å². The maximum atomic E-state index is 12.9. The summed E-state index contributed by atoms with van der Waals surface area (Å²) < 4.78 is 6.09. The highest BCUT2D eigenvalue weighted by Gasteiger charge is 2.27. The number of hydrogen-bond donors (Lipinski definition) is 3. The van der Waals surface area contributed by atoms with Crippen molar-refractivity contribution in [2.75, 3.05) is 0 Å². The molecule has 0 aliphatic rings. The molecule has 0 radical (unpaired) electrons. The summed E-state index contributed by atoms with van der Waals surface area (Å²) in [6, 6.07) is 14.9. The minimum absolute atomic E-state index is 0.0927. The van der Waals surface area contributed by atoms with Gasteiger partial charge in [0.05, 0.1) is 0 Å². The minimum atomic E-state index is -0.904. The van der Waals surface area contributed by atoms with Crippen molar-refractivity contribution in [2.24, 2.45) is 11.7 Å². The fourth-order valence-corrected chi connectivity index (χ4v) is 3.45. The van der Waals surface area contributed by atoms with Crippen LogP contribution in [-0.4, -0.2) is 30.0 Å². The fraction of sp³-hybridized carbons (Fsp3) is 0.348. The lowest BCUT2D eigenvalue weighted by molar-refractivity contribution is -0.128. The zero-order valence-electron chi connectivity index (χ0n) is 17.6. The molecule has 0 bridgehead atoms. The molecule has 0 fully saturated rings. The lowest BCUT2D eigenvalue weighted by atomic mass is 10.0. The molecule has 166 valence electrons. The molecule has 3 amide bonds. The second-order valence-electron chi connectivity index (χ2n) is 7.69. The number of carbonyl (C=O) groups excluding carboxylic acids is 3. The van der Waals surface area contributed by atoms with Crippen molar-refractivity contribution < 1.29 is 19.1 Å². The summed E-state index contributed by atoms with van der Waals surface area (Å²) in [6.45, 7) is 3.96. The highest BCUT2D eigenvalue weighted by molar-refractivity contribution is 9.10. The number of alkyl carbamates (subject to hydrolysis) is 1. The molecule has 0 aliphatic heterocycles. The highest BCUT2D eigenvalue weighted by atomic mass is 79.9. The van der Waals surface area contributed by atoms with Crippen LogP contribution in [0.2, 0.25) is 0 Å². The third kappa shape index (κ3) is 8.80. The van der Waals surface area contributed by atoms with Crippen LogP contribution in [0.1, 0.15) is 31.4 Å². The van der Waals surface area contributed by atoms with Crippen LogP contribution in [0.3, 0.4) is 0 Å². The van der Waals surface area contributed by atoms with E-state index in [1.165, 1.54) is 0 Å². The Morgan fingerprint density at radius 3 is 2.26 bits per heavy atom. The zero-order valence-corrected chi connectivity index (χ0v) is 19.2. The summed E-state index contributed by atoms with van der Waals surface area (Å²) >= 11 is 3.38. The van der Waals surface area contributed by atoms with Gasteiger partial charge in [-0.3, -0.25) is 9.59 Å². The SMILES string of the molecule is CC(C)C[C@H](NC(=O)OCc1ccccc1)C(=O)N[C@@H](Cc1cccc(Br)c1)C(N)=O. The van der Waals surface area contributed by atoms with Gasteiger partial charge < -0.3 is 21.1 Å². The van der Waals surface area contributed by atoms with E-state index in [1.807, 2.05) is 68.4 Å². The van der Waals surface area contributed by atoms with Crippen molar-refractivity contribution in [1.82, 2.24) is 10.6 Å². The van der Waals surface area contributed by atoms with Gasteiger partial charge in [0.25, 0.3) is 0 Å². The molecule has 2 aromatic carbocycles. The lowest BCUT2D eigenvalue weighted by Gasteiger charge is -2.23. The standard InChI is InChI=1S/C23H28BrN3O4/c1-15(2)11-20(27-23(30)31-14-16-7-4-3-5-8-16)22(29)26-19(21(25)28)13-17-9-6-10-18(24)12-17/h3-10,12,15,19-20H,11,13-14H2,1-2H3,(H2,25,28)(H,26,29)(H,27,30)/t19-,20-/m0/s1. The van der Waals surface area contributed by atoms with Crippen molar-refractivity contribution in [3.63, 3.8) is 0 Å². The number of rotatable bonds is 10. The maximum absolute atomic E-state index is 12.9. The Labute approximate surface area is 190 Å². The van der Waals surface area contributed by atoms with E-state index in [4.69, 9.17) is 10.5 Å². The number of hydrogen-bond acceptors (Lipinski definition) is 4. The lowest BCUT2D eigenvalue weighted by Crippen LogP contribution is -2.54. The topological polar surface area (TPSA) is 111 Å². The van der Waals surface area contributed by atoms with Gasteiger partial charge in [0.2, 0.25) is 11.8 Å². The Kier molecular flexibility index (Phi) is 9.52. The van der Waals surface area contributed by atoms with E-state index in [0.29, 0.717) is 6.42 Å². The first-order chi connectivity index (χ1) is 14.7. The van der Waals surface area contributed by atoms with Crippen LogP contribution in [0, 0.1) is 5.92 Å². The molecule has 0 saturated carbocycles. The predicted octanol–water partition coefficient (Wildman–Crippen LogP) is 3.30. The molecule has 7 nitrogen and oxygen atoms in total. The molecule has 2 rings (SSSR count). The smallest absolute Gasteiger partial charge is 0.408 e. The molecule has 2 aromatic rings. The van der Waals surface area contributed by atoms with Crippen molar-refractivity contribution >= 4 is 33.8 Å². The summed E-state index contributed by atoms with van der Waals surface area (Å²) in [5.41, 5.74) is 7.19. The average molecular weight is 490 g/mol. The normalized spacial score (nSPS) is 12.6. The molecule has 31 heavy (non-hydrogen) atoms. The van der Waals surface area contributed by atoms with E-state index < -0.39 is 30.0 Å². The zero-order chi connectivity index (χ0) is 22.8. The Balaban J connectivity index is 2.00. The van der Waals surface area contributed by atoms with Crippen molar-refractivity contribution in [3.8, 4) is 0 Å².